The van der Waals surface area contributed by atoms with Crippen LogP contribution in [0.5, 0.6) is 11.5 Å². The van der Waals surface area contributed by atoms with Crippen molar-refractivity contribution < 1.29 is 9.47 Å². The van der Waals surface area contributed by atoms with Crippen molar-refractivity contribution in [3.63, 3.8) is 0 Å². The van der Waals surface area contributed by atoms with Crippen molar-refractivity contribution in [1.82, 2.24) is 4.90 Å². The largest absolute Gasteiger partial charge is 0.497 e. The molecule has 0 fully saturated rings. The Balaban J connectivity index is 2.87. The Kier molecular flexibility index (Phi) is 5.25. The van der Waals surface area contributed by atoms with E-state index >= 15 is 0 Å². The number of methoxy groups -OCH3 is 2. The van der Waals surface area contributed by atoms with E-state index in [0.717, 1.165) is 23.6 Å². The molecule has 0 saturated heterocycles. The molecular weight excluding hydrogens is 216 g/mol. The van der Waals surface area contributed by atoms with Gasteiger partial charge in [-0.3, -0.25) is 4.90 Å². The van der Waals surface area contributed by atoms with Crippen LogP contribution in [0.15, 0.2) is 18.2 Å². The molecule has 1 unspecified atom stereocenters. The van der Waals surface area contributed by atoms with Crippen LogP contribution in [-0.4, -0.2) is 38.8 Å². The summed E-state index contributed by atoms with van der Waals surface area (Å²) in [5, 5.41) is 0. The summed E-state index contributed by atoms with van der Waals surface area (Å²) in [5.41, 5.74) is 6.76. The Labute approximate surface area is 103 Å². The fraction of sp³-hybridized carbons (Fsp3) is 0.538. The van der Waals surface area contributed by atoms with Gasteiger partial charge < -0.3 is 15.2 Å². The van der Waals surface area contributed by atoms with Crippen LogP contribution in [0.3, 0.4) is 0 Å². The number of rotatable bonds is 6. The average molecular weight is 238 g/mol. The summed E-state index contributed by atoms with van der Waals surface area (Å²) < 4.78 is 10.6. The molecule has 0 amide bonds. The summed E-state index contributed by atoms with van der Waals surface area (Å²) in [5.74, 6) is 1.72. The SMILES string of the molecule is COc1ccc(OC)c(CN(C)C(C)CN)c1. The van der Waals surface area contributed by atoms with Gasteiger partial charge in [0.2, 0.25) is 0 Å². The van der Waals surface area contributed by atoms with Crippen molar-refractivity contribution in [2.75, 3.05) is 27.8 Å². The number of nitrogens with two attached hydrogens (primary N) is 1. The van der Waals surface area contributed by atoms with Crippen LogP contribution in [0.25, 0.3) is 0 Å². The van der Waals surface area contributed by atoms with Crippen molar-refractivity contribution in [2.24, 2.45) is 5.73 Å². The van der Waals surface area contributed by atoms with Gasteiger partial charge in [0.1, 0.15) is 11.5 Å². The average Bonchev–Trinajstić information content (AvgIpc) is 2.37. The van der Waals surface area contributed by atoms with Gasteiger partial charge in [0.25, 0.3) is 0 Å². The summed E-state index contributed by atoms with van der Waals surface area (Å²) >= 11 is 0. The second-order valence-corrected chi connectivity index (χ2v) is 4.18. The number of ether oxygens (including phenoxy) is 2. The van der Waals surface area contributed by atoms with Gasteiger partial charge in [0, 0.05) is 24.7 Å². The third-order valence-corrected chi connectivity index (χ3v) is 3.00. The minimum Gasteiger partial charge on any atom is -0.497 e. The topological polar surface area (TPSA) is 47.7 Å². The molecule has 0 saturated carbocycles. The molecule has 17 heavy (non-hydrogen) atoms. The van der Waals surface area contributed by atoms with E-state index in [1.807, 2.05) is 18.2 Å². The second-order valence-electron chi connectivity index (χ2n) is 4.18. The van der Waals surface area contributed by atoms with E-state index in [0.29, 0.717) is 12.6 Å². The molecule has 4 nitrogen and oxygen atoms in total. The van der Waals surface area contributed by atoms with Crippen LogP contribution < -0.4 is 15.2 Å². The second kappa shape index (κ2) is 6.47. The smallest absolute Gasteiger partial charge is 0.123 e. The van der Waals surface area contributed by atoms with Gasteiger partial charge in [-0.15, -0.1) is 0 Å². The van der Waals surface area contributed by atoms with Crippen LogP contribution in [0.2, 0.25) is 0 Å². The van der Waals surface area contributed by atoms with Crippen LogP contribution in [0.1, 0.15) is 12.5 Å². The lowest BCUT2D eigenvalue weighted by molar-refractivity contribution is 0.250. The Morgan fingerprint density at radius 2 is 2.00 bits per heavy atom. The standard InChI is InChI=1S/C13H22N2O2/c1-10(8-14)15(2)9-11-7-12(16-3)5-6-13(11)17-4/h5-7,10H,8-9,14H2,1-4H3. The Bertz CT molecular complexity index is 355. The lowest BCUT2D eigenvalue weighted by atomic mass is 10.1. The zero-order valence-corrected chi connectivity index (χ0v) is 11.1. The van der Waals surface area contributed by atoms with E-state index in [1.165, 1.54) is 0 Å². The molecule has 0 aliphatic carbocycles. The summed E-state index contributed by atoms with van der Waals surface area (Å²) in [6.07, 6.45) is 0. The summed E-state index contributed by atoms with van der Waals surface area (Å²) in [6, 6.07) is 6.16. The molecular formula is C13H22N2O2. The molecule has 2 N–H and O–H groups in total. The van der Waals surface area contributed by atoms with Gasteiger partial charge >= 0.3 is 0 Å². The van der Waals surface area contributed by atoms with E-state index in [4.69, 9.17) is 15.2 Å². The normalized spacial score (nSPS) is 12.6. The van der Waals surface area contributed by atoms with Crippen molar-refractivity contribution in [1.29, 1.82) is 0 Å². The molecule has 1 atom stereocenters. The maximum Gasteiger partial charge on any atom is 0.123 e. The van der Waals surface area contributed by atoms with E-state index in [-0.39, 0.29) is 0 Å². The molecule has 96 valence electrons. The quantitative estimate of drug-likeness (QED) is 0.815. The fourth-order valence-electron chi connectivity index (χ4n) is 1.61. The molecule has 1 aromatic rings. The number of hydrogen-bond acceptors (Lipinski definition) is 4. The van der Waals surface area contributed by atoms with Crippen LogP contribution in [0, 0.1) is 0 Å². The predicted octanol–water partition coefficient (Wildman–Crippen LogP) is 1.48. The molecule has 0 bridgehead atoms. The minimum absolute atomic E-state index is 0.339. The Morgan fingerprint density at radius 1 is 1.29 bits per heavy atom. The van der Waals surface area contributed by atoms with Gasteiger partial charge in [0.15, 0.2) is 0 Å². The van der Waals surface area contributed by atoms with E-state index < -0.39 is 0 Å². The van der Waals surface area contributed by atoms with Gasteiger partial charge in [-0.25, -0.2) is 0 Å². The van der Waals surface area contributed by atoms with E-state index in [1.54, 1.807) is 14.2 Å². The molecule has 1 aromatic carbocycles. The highest BCUT2D eigenvalue weighted by molar-refractivity contribution is 5.40. The third kappa shape index (κ3) is 3.61. The first-order valence-corrected chi connectivity index (χ1v) is 5.73. The first-order valence-electron chi connectivity index (χ1n) is 5.73. The highest BCUT2D eigenvalue weighted by Crippen LogP contribution is 2.25. The molecule has 0 aromatic heterocycles. The molecule has 0 aliphatic heterocycles. The van der Waals surface area contributed by atoms with E-state index in [2.05, 4.69) is 18.9 Å². The number of nitrogens with zero attached hydrogens (tertiary/aromatic N) is 1. The monoisotopic (exact) mass is 238 g/mol. The summed E-state index contributed by atoms with van der Waals surface area (Å²) in [4.78, 5) is 2.19. The molecule has 1 rings (SSSR count). The summed E-state index contributed by atoms with van der Waals surface area (Å²) in [7, 11) is 5.39. The first kappa shape index (κ1) is 13.8. The van der Waals surface area contributed by atoms with Gasteiger partial charge in [-0.1, -0.05) is 0 Å². The molecule has 0 heterocycles. The number of benzene rings is 1. The van der Waals surface area contributed by atoms with Crippen LogP contribution in [0.4, 0.5) is 0 Å². The zero-order chi connectivity index (χ0) is 12.8. The minimum atomic E-state index is 0.339. The van der Waals surface area contributed by atoms with Crippen molar-refractivity contribution in [3.8, 4) is 11.5 Å². The van der Waals surface area contributed by atoms with E-state index in [9.17, 15) is 0 Å². The van der Waals surface area contributed by atoms with Crippen molar-refractivity contribution >= 4 is 0 Å². The van der Waals surface area contributed by atoms with Gasteiger partial charge in [0.05, 0.1) is 14.2 Å². The fourth-order valence-corrected chi connectivity index (χ4v) is 1.61. The first-order chi connectivity index (χ1) is 8.12. The third-order valence-electron chi connectivity index (χ3n) is 3.00. The number of hydrogen-bond donors (Lipinski definition) is 1. The van der Waals surface area contributed by atoms with Crippen LogP contribution >= 0.6 is 0 Å². The number of likely N-dealkylation sites (N-methyl/N-ethyl adjacent to an activating group) is 1. The highest BCUT2D eigenvalue weighted by Gasteiger charge is 2.11. The van der Waals surface area contributed by atoms with Crippen molar-refractivity contribution in [3.05, 3.63) is 23.8 Å². The molecule has 4 heteroatoms. The highest BCUT2D eigenvalue weighted by atomic mass is 16.5. The molecule has 0 aliphatic rings. The Morgan fingerprint density at radius 3 is 2.53 bits per heavy atom. The zero-order valence-electron chi connectivity index (χ0n) is 11.1. The lowest BCUT2D eigenvalue weighted by Gasteiger charge is -2.24. The molecule has 0 spiro atoms. The molecule has 0 radical (unpaired) electrons. The predicted molar refractivity (Wildman–Crippen MR) is 69.5 cm³/mol. The van der Waals surface area contributed by atoms with Crippen LogP contribution in [-0.2, 0) is 6.54 Å². The maximum absolute atomic E-state index is 5.66. The lowest BCUT2D eigenvalue weighted by Crippen LogP contribution is -2.34. The maximum atomic E-state index is 5.66. The van der Waals surface area contributed by atoms with Gasteiger partial charge in [-0.05, 0) is 32.2 Å². The summed E-state index contributed by atoms with van der Waals surface area (Å²) in [6.45, 7) is 3.54. The Hall–Kier alpha value is -1.26. The van der Waals surface area contributed by atoms with Gasteiger partial charge in [-0.2, -0.15) is 0 Å². The van der Waals surface area contributed by atoms with Crippen molar-refractivity contribution in [2.45, 2.75) is 19.5 Å².